The minimum Gasteiger partial charge on any atom is -0.494 e. The Kier molecular flexibility index (Phi) is 6.22. The van der Waals surface area contributed by atoms with Crippen molar-refractivity contribution in [1.29, 1.82) is 0 Å². The molecular formula is C17H27NO. The lowest BCUT2D eigenvalue weighted by atomic mass is 10.1. The number of aryl methyl sites for hydroxylation is 1. The maximum atomic E-state index is 5.76. The van der Waals surface area contributed by atoms with Crippen LogP contribution in [0, 0.1) is 0 Å². The molecule has 1 aliphatic carbocycles. The van der Waals surface area contributed by atoms with Gasteiger partial charge in [-0.3, -0.25) is 0 Å². The van der Waals surface area contributed by atoms with Crippen LogP contribution >= 0.6 is 0 Å². The van der Waals surface area contributed by atoms with E-state index in [1.807, 2.05) is 0 Å². The Morgan fingerprint density at radius 3 is 2.58 bits per heavy atom. The van der Waals surface area contributed by atoms with Crippen LogP contribution in [0.15, 0.2) is 24.3 Å². The third-order valence-corrected chi connectivity index (χ3v) is 3.56. The Labute approximate surface area is 117 Å². The molecule has 0 atom stereocenters. The summed E-state index contributed by atoms with van der Waals surface area (Å²) in [5.41, 5.74) is 1.40. The van der Waals surface area contributed by atoms with Gasteiger partial charge >= 0.3 is 0 Å². The molecule has 1 N–H and O–H groups in total. The molecule has 106 valence electrons. The molecule has 0 bridgehead atoms. The third-order valence-electron chi connectivity index (χ3n) is 3.56. The van der Waals surface area contributed by atoms with E-state index in [2.05, 4.69) is 36.5 Å². The standard InChI is InChI=1S/C17H27NO/c1-2-6-15-7-11-17(12-8-15)19-14-5-3-4-13-18-16-9-10-16/h7-8,11-12,16,18H,2-6,9-10,13-14H2,1H3. The van der Waals surface area contributed by atoms with E-state index < -0.39 is 0 Å². The van der Waals surface area contributed by atoms with Gasteiger partial charge in [0.15, 0.2) is 0 Å². The lowest BCUT2D eigenvalue weighted by Crippen LogP contribution is -2.17. The molecule has 1 aromatic carbocycles. The Bertz CT molecular complexity index is 343. The molecule has 0 aliphatic heterocycles. The van der Waals surface area contributed by atoms with Crippen LogP contribution in [0.3, 0.4) is 0 Å². The second kappa shape index (κ2) is 8.21. The van der Waals surface area contributed by atoms with E-state index in [1.54, 1.807) is 0 Å². The van der Waals surface area contributed by atoms with Crippen LogP contribution in [0.2, 0.25) is 0 Å². The van der Waals surface area contributed by atoms with E-state index in [9.17, 15) is 0 Å². The summed E-state index contributed by atoms with van der Waals surface area (Å²) in [6.07, 6.45) is 8.82. The van der Waals surface area contributed by atoms with Crippen LogP contribution in [0.25, 0.3) is 0 Å². The highest BCUT2D eigenvalue weighted by atomic mass is 16.5. The summed E-state index contributed by atoms with van der Waals surface area (Å²) >= 11 is 0. The van der Waals surface area contributed by atoms with Gasteiger partial charge < -0.3 is 10.1 Å². The van der Waals surface area contributed by atoms with Gasteiger partial charge in [0.2, 0.25) is 0 Å². The smallest absolute Gasteiger partial charge is 0.119 e. The van der Waals surface area contributed by atoms with E-state index in [4.69, 9.17) is 4.74 Å². The molecule has 2 nitrogen and oxygen atoms in total. The van der Waals surface area contributed by atoms with Gasteiger partial charge in [-0.2, -0.15) is 0 Å². The lowest BCUT2D eigenvalue weighted by molar-refractivity contribution is 0.305. The largest absolute Gasteiger partial charge is 0.494 e. The summed E-state index contributed by atoms with van der Waals surface area (Å²) in [4.78, 5) is 0. The van der Waals surface area contributed by atoms with E-state index in [0.29, 0.717) is 0 Å². The van der Waals surface area contributed by atoms with Gasteiger partial charge in [0, 0.05) is 6.04 Å². The van der Waals surface area contributed by atoms with Crippen molar-refractivity contribution in [2.75, 3.05) is 13.2 Å². The van der Waals surface area contributed by atoms with Crippen LogP contribution in [0.4, 0.5) is 0 Å². The minimum atomic E-state index is 0.844. The molecule has 1 aliphatic rings. The number of benzene rings is 1. The Hall–Kier alpha value is -1.02. The third kappa shape index (κ3) is 6.11. The molecule has 2 heteroatoms. The van der Waals surface area contributed by atoms with Crippen LogP contribution < -0.4 is 10.1 Å². The fraction of sp³-hybridized carbons (Fsp3) is 0.647. The van der Waals surface area contributed by atoms with Crippen LogP contribution in [-0.2, 0) is 6.42 Å². The second-order valence-electron chi connectivity index (χ2n) is 5.53. The van der Waals surface area contributed by atoms with Crippen LogP contribution in [-0.4, -0.2) is 19.2 Å². The quantitative estimate of drug-likeness (QED) is 0.644. The highest BCUT2D eigenvalue weighted by Crippen LogP contribution is 2.18. The zero-order chi connectivity index (χ0) is 13.3. The number of unbranched alkanes of at least 4 members (excludes halogenated alkanes) is 2. The average molecular weight is 261 g/mol. The molecule has 0 amide bonds. The van der Waals surface area contributed by atoms with Gasteiger partial charge in [0.05, 0.1) is 6.61 Å². The molecule has 1 fully saturated rings. The Morgan fingerprint density at radius 2 is 1.89 bits per heavy atom. The summed E-state index contributed by atoms with van der Waals surface area (Å²) in [7, 11) is 0. The molecule has 0 heterocycles. The van der Waals surface area contributed by atoms with Gasteiger partial charge in [0.1, 0.15) is 5.75 Å². The molecule has 0 radical (unpaired) electrons. The topological polar surface area (TPSA) is 21.3 Å². The Morgan fingerprint density at radius 1 is 1.11 bits per heavy atom. The van der Waals surface area contributed by atoms with Crippen molar-refractivity contribution in [1.82, 2.24) is 5.32 Å². The summed E-state index contributed by atoms with van der Waals surface area (Å²) in [6, 6.07) is 9.40. The first-order valence-corrected chi connectivity index (χ1v) is 7.83. The molecule has 1 aromatic rings. The minimum absolute atomic E-state index is 0.844. The van der Waals surface area contributed by atoms with E-state index in [0.717, 1.165) is 31.2 Å². The van der Waals surface area contributed by atoms with Gasteiger partial charge in [-0.15, -0.1) is 0 Å². The molecule has 2 rings (SSSR count). The molecule has 0 spiro atoms. The lowest BCUT2D eigenvalue weighted by Gasteiger charge is -2.07. The van der Waals surface area contributed by atoms with E-state index in [1.165, 1.54) is 44.2 Å². The van der Waals surface area contributed by atoms with Crippen LogP contribution in [0.1, 0.15) is 51.0 Å². The first-order chi connectivity index (χ1) is 9.38. The van der Waals surface area contributed by atoms with Gasteiger partial charge in [-0.25, -0.2) is 0 Å². The first kappa shape index (κ1) is 14.4. The molecular weight excluding hydrogens is 234 g/mol. The van der Waals surface area contributed by atoms with Crippen molar-refractivity contribution in [2.45, 2.75) is 57.9 Å². The molecule has 1 saturated carbocycles. The molecule has 19 heavy (non-hydrogen) atoms. The highest BCUT2D eigenvalue weighted by Gasteiger charge is 2.19. The predicted octanol–water partition coefficient (Wildman–Crippen LogP) is 3.94. The molecule has 0 unspecified atom stereocenters. The molecule has 0 aromatic heterocycles. The van der Waals surface area contributed by atoms with Gasteiger partial charge in [0.25, 0.3) is 0 Å². The number of hydrogen-bond donors (Lipinski definition) is 1. The monoisotopic (exact) mass is 261 g/mol. The first-order valence-electron chi connectivity index (χ1n) is 7.83. The second-order valence-corrected chi connectivity index (χ2v) is 5.53. The summed E-state index contributed by atoms with van der Waals surface area (Å²) in [6.45, 7) is 4.23. The van der Waals surface area contributed by atoms with Crippen molar-refractivity contribution in [3.8, 4) is 5.75 Å². The normalized spacial score (nSPS) is 14.6. The van der Waals surface area contributed by atoms with Gasteiger partial charge in [-0.05, 0) is 62.8 Å². The number of ether oxygens (including phenoxy) is 1. The van der Waals surface area contributed by atoms with Crippen molar-refractivity contribution >= 4 is 0 Å². The predicted molar refractivity (Wildman–Crippen MR) is 80.8 cm³/mol. The number of rotatable bonds is 10. The maximum Gasteiger partial charge on any atom is 0.119 e. The zero-order valence-electron chi connectivity index (χ0n) is 12.2. The van der Waals surface area contributed by atoms with Crippen molar-refractivity contribution in [3.05, 3.63) is 29.8 Å². The maximum absolute atomic E-state index is 5.76. The van der Waals surface area contributed by atoms with Crippen molar-refractivity contribution in [3.63, 3.8) is 0 Å². The number of hydrogen-bond acceptors (Lipinski definition) is 2. The van der Waals surface area contributed by atoms with E-state index in [-0.39, 0.29) is 0 Å². The SMILES string of the molecule is CCCc1ccc(OCCCCCNC2CC2)cc1. The van der Waals surface area contributed by atoms with Crippen molar-refractivity contribution < 1.29 is 4.74 Å². The average Bonchev–Trinajstić information content (AvgIpc) is 3.24. The fourth-order valence-corrected chi connectivity index (χ4v) is 2.23. The summed E-state index contributed by atoms with van der Waals surface area (Å²) < 4.78 is 5.76. The van der Waals surface area contributed by atoms with E-state index >= 15 is 0 Å². The van der Waals surface area contributed by atoms with Crippen LogP contribution in [0.5, 0.6) is 5.75 Å². The highest BCUT2D eigenvalue weighted by molar-refractivity contribution is 5.27. The summed E-state index contributed by atoms with van der Waals surface area (Å²) in [5, 5.41) is 3.54. The number of nitrogens with one attached hydrogen (secondary N) is 1. The Balaban J connectivity index is 1.49. The molecule has 0 saturated heterocycles. The zero-order valence-corrected chi connectivity index (χ0v) is 12.2. The fourth-order valence-electron chi connectivity index (χ4n) is 2.23. The van der Waals surface area contributed by atoms with Crippen molar-refractivity contribution in [2.24, 2.45) is 0 Å². The van der Waals surface area contributed by atoms with Gasteiger partial charge in [-0.1, -0.05) is 25.5 Å². The summed E-state index contributed by atoms with van der Waals surface area (Å²) in [5.74, 6) is 1.01.